The second kappa shape index (κ2) is 30.0. The molecule has 3 heterocycles. The summed E-state index contributed by atoms with van der Waals surface area (Å²) in [4.78, 5) is 114. The number of fused-ring (bicyclic) bond motifs is 2. The third-order valence-corrected chi connectivity index (χ3v) is 16.5. The van der Waals surface area contributed by atoms with Crippen molar-refractivity contribution in [3.05, 3.63) is 77.9 Å². The average Bonchev–Trinajstić information content (AvgIpc) is 4.32. The summed E-state index contributed by atoms with van der Waals surface area (Å²) in [6.07, 6.45) is 6.46. The molecular weight excluding hydrogens is 1010 g/mol. The van der Waals surface area contributed by atoms with Gasteiger partial charge in [0.25, 0.3) is 11.8 Å². The van der Waals surface area contributed by atoms with Gasteiger partial charge in [0.1, 0.15) is 12.1 Å². The summed E-state index contributed by atoms with van der Waals surface area (Å²) in [6, 6.07) is 13.8. The highest BCUT2D eigenvalue weighted by Crippen LogP contribution is 2.41. The molecule has 3 fully saturated rings. The van der Waals surface area contributed by atoms with Gasteiger partial charge in [0.05, 0.1) is 75.6 Å². The minimum atomic E-state index is -0.977. The van der Waals surface area contributed by atoms with Crippen molar-refractivity contribution in [3.8, 4) is 0 Å². The number of methoxy groups -OCH3 is 2. The van der Waals surface area contributed by atoms with E-state index in [1.54, 1.807) is 55.1 Å². The van der Waals surface area contributed by atoms with Gasteiger partial charge in [-0.1, -0.05) is 83.5 Å². The highest BCUT2D eigenvalue weighted by Gasteiger charge is 2.49. The topological polar surface area (TPSA) is 235 Å². The summed E-state index contributed by atoms with van der Waals surface area (Å²) in [5, 5.41) is 11.9. The molecule has 6 rings (SSSR count). The van der Waals surface area contributed by atoms with Crippen LogP contribution in [0.15, 0.2) is 66.7 Å². The Morgan fingerprint density at radius 2 is 1.48 bits per heavy atom. The van der Waals surface area contributed by atoms with Gasteiger partial charge in [0.2, 0.25) is 35.4 Å². The lowest BCUT2D eigenvalue weighted by Gasteiger charge is -2.41. The van der Waals surface area contributed by atoms with E-state index in [9.17, 15) is 38.4 Å². The Labute approximate surface area is 466 Å². The SMILES string of the molecule is CC[C@H](C)[C@@H]([C@@H](CC(=O)N1CCC[C@H]1[C@H](OC)[C@@H](C)C(=O)N[C@@H](Cc1ccccc1)C(=O)Nc1ccc(CNC(=O)CCOCCOCCN2C(=O)C=CC2=O)cc1)OC)N(C)C(=O)[C@@H](NC(=O)[C@@H]1[C@H]2CC[C@@H](C2)N1C)C(C)C. The lowest BCUT2D eigenvalue weighted by Crippen LogP contribution is -2.60. The van der Waals surface area contributed by atoms with Gasteiger partial charge < -0.3 is 50.0 Å². The highest BCUT2D eigenvalue weighted by atomic mass is 16.5. The number of likely N-dealkylation sites (N-methyl/N-ethyl adjacent to an activating group) is 2. The van der Waals surface area contributed by atoms with E-state index in [-0.39, 0.29) is 118 Å². The summed E-state index contributed by atoms with van der Waals surface area (Å²) in [6.45, 7) is 11.4. The second-order valence-electron chi connectivity index (χ2n) is 22.0. The van der Waals surface area contributed by atoms with E-state index >= 15 is 0 Å². The monoisotopic (exact) mass is 1100 g/mol. The van der Waals surface area contributed by atoms with Gasteiger partial charge in [-0.15, -0.1) is 0 Å². The number of nitrogens with zero attached hydrogens (tertiary/aromatic N) is 4. The Kier molecular flexibility index (Phi) is 23.6. The number of hydrogen-bond donors (Lipinski definition) is 4. The number of likely N-dealkylation sites (tertiary alicyclic amines) is 2. The Hall–Kier alpha value is -6.06. The molecule has 20 nitrogen and oxygen atoms in total. The van der Waals surface area contributed by atoms with Gasteiger partial charge in [-0.3, -0.25) is 48.2 Å². The molecule has 2 saturated heterocycles. The molecule has 1 aliphatic carbocycles. The second-order valence-corrected chi connectivity index (χ2v) is 22.0. The van der Waals surface area contributed by atoms with Gasteiger partial charge in [0, 0.05) is 71.1 Å². The fraction of sp³-hybridized carbons (Fsp3) is 0.627. The molecule has 4 aliphatic rings. The molecular formula is C59H86N8O12. The van der Waals surface area contributed by atoms with Gasteiger partial charge in [-0.05, 0) is 80.2 Å². The van der Waals surface area contributed by atoms with E-state index in [1.165, 1.54) is 19.3 Å². The number of rotatable bonds is 31. The fourth-order valence-electron chi connectivity index (χ4n) is 11.8. The van der Waals surface area contributed by atoms with Crippen LogP contribution in [0.3, 0.4) is 0 Å². The van der Waals surface area contributed by atoms with Crippen molar-refractivity contribution in [2.75, 3.05) is 73.1 Å². The molecule has 11 atom stereocenters. The number of nitrogens with one attached hydrogen (secondary N) is 4. The van der Waals surface area contributed by atoms with Crippen molar-refractivity contribution in [1.29, 1.82) is 0 Å². The number of imide groups is 1. The van der Waals surface area contributed by atoms with E-state index in [0.29, 0.717) is 37.5 Å². The van der Waals surface area contributed by atoms with Crippen LogP contribution in [0.25, 0.3) is 0 Å². The van der Waals surface area contributed by atoms with Crippen LogP contribution in [-0.2, 0) is 70.3 Å². The number of benzene rings is 2. The van der Waals surface area contributed by atoms with Crippen LogP contribution in [0.4, 0.5) is 5.69 Å². The first-order chi connectivity index (χ1) is 37.9. The first-order valence-corrected chi connectivity index (χ1v) is 28.2. The largest absolute Gasteiger partial charge is 0.379 e. The molecule has 434 valence electrons. The summed E-state index contributed by atoms with van der Waals surface area (Å²) in [5.41, 5.74) is 2.13. The predicted octanol–water partition coefficient (Wildman–Crippen LogP) is 3.86. The van der Waals surface area contributed by atoms with Crippen molar-refractivity contribution in [3.63, 3.8) is 0 Å². The minimum Gasteiger partial charge on any atom is -0.379 e. The summed E-state index contributed by atoms with van der Waals surface area (Å²) < 4.78 is 23.1. The Morgan fingerprint density at radius 1 is 0.797 bits per heavy atom. The molecule has 2 bridgehead atoms. The van der Waals surface area contributed by atoms with E-state index in [4.69, 9.17) is 18.9 Å². The van der Waals surface area contributed by atoms with E-state index in [2.05, 4.69) is 26.2 Å². The van der Waals surface area contributed by atoms with Crippen molar-refractivity contribution in [2.24, 2.45) is 23.7 Å². The lowest BCUT2D eigenvalue weighted by atomic mass is 9.89. The zero-order valence-electron chi connectivity index (χ0n) is 47.8. The molecule has 2 aromatic rings. The molecule has 79 heavy (non-hydrogen) atoms. The van der Waals surface area contributed by atoms with E-state index in [1.807, 2.05) is 65.1 Å². The smallest absolute Gasteiger partial charge is 0.253 e. The first-order valence-electron chi connectivity index (χ1n) is 28.2. The number of ether oxygens (including phenoxy) is 4. The molecule has 8 amide bonds. The molecule has 4 N–H and O–H groups in total. The van der Waals surface area contributed by atoms with Gasteiger partial charge >= 0.3 is 0 Å². The lowest BCUT2D eigenvalue weighted by molar-refractivity contribution is -0.148. The minimum absolute atomic E-state index is 0.0232. The Morgan fingerprint density at radius 3 is 2.10 bits per heavy atom. The number of anilines is 1. The molecule has 0 spiro atoms. The van der Waals surface area contributed by atoms with Crippen LogP contribution in [0.5, 0.6) is 0 Å². The number of piperidine rings is 1. The van der Waals surface area contributed by atoms with Gasteiger partial charge in [-0.2, -0.15) is 0 Å². The summed E-state index contributed by atoms with van der Waals surface area (Å²) in [7, 11) is 6.82. The number of hydrogen-bond acceptors (Lipinski definition) is 13. The molecule has 3 aliphatic heterocycles. The maximum Gasteiger partial charge on any atom is 0.253 e. The van der Waals surface area contributed by atoms with Crippen molar-refractivity contribution in [2.45, 2.75) is 147 Å². The molecule has 2 aromatic carbocycles. The van der Waals surface area contributed by atoms with Crippen LogP contribution >= 0.6 is 0 Å². The molecule has 20 heteroatoms. The zero-order chi connectivity index (χ0) is 57.3. The van der Waals surface area contributed by atoms with Crippen molar-refractivity contribution in [1.82, 2.24) is 35.6 Å². The van der Waals surface area contributed by atoms with E-state index < -0.39 is 54.1 Å². The Balaban J connectivity index is 1.01. The van der Waals surface area contributed by atoms with E-state index in [0.717, 1.165) is 35.3 Å². The van der Waals surface area contributed by atoms with Crippen LogP contribution in [0, 0.1) is 23.7 Å². The molecule has 0 radical (unpaired) electrons. The number of amides is 8. The summed E-state index contributed by atoms with van der Waals surface area (Å²) >= 11 is 0. The van der Waals surface area contributed by atoms with Crippen molar-refractivity contribution >= 4 is 52.9 Å². The summed E-state index contributed by atoms with van der Waals surface area (Å²) in [5.74, 6) is -3.06. The van der Waals surface area contributed by atoms with Gasteiger partial charge in [-0.25, -0.2) is 0 Å². The maximum atomic E-state index is 14.6. The zero-order valence-corrected chi connectivity index (χ0v) is 47.8. The Bertz CT molecular complexity index is 2400. The normalized spacial score (nSPS) is 21.6. The quantitative estimate of drug-likeness (QED) is 0.0622. The number of carbonyl (C=O) groups excluding carboxylic acids is 8. The van der Waals surface area contributed by atoms with Crippen molar-refractivity contribution < 1.29 is 57.3 Å². The predicted molar refractivity (Wildman–Crippen MR) is 297 cm³/mol. The highest BCUT2D eigenvalue weighted by molar-refractivity contribution is 6.12. The van der Waals surface area contributed by atoms with Crippen LogP contribution in [0.2, 0.25) is 0 Å². The first kappa shape index (κ1) is 62.1. The molecule has 0 unspecified atom stereocenters. The maximum absolute atomic E-state index is 14.6. The average molecular weight is 1100 g/mol. The third-order valence-electron chi connectivity index (χ3n) is 16.5. The standard InChI is InChI=1S/C59H86N8O12/c1-10-38(4)53(65(7)59(75)52(37(2)3)63-58(74)54-42-20-23-44(34-42)64(54)6)47(76-8)35-51(71)66-27-14-17-46(66)55(77-9)39(5)56(72)62-45(33-40-15-12-11-13-16-40)57(73)61-43-21-18-41(19-22-43)36-60-48(68)26-29-78-31-32-79-30-28-67-49(69)24-25-50(67)70/h11-13,15-16,18-19,21-22,24-25,37-39,42,44-47,52-55H,10,14,17,20,23,26-36H2,1-9H3,(H,60,68)(H,61,73)(H,62,72)(H,63,74)/t38-,39+,42-,44-,45-,46-,47+,52-,53-,54-,55+/m0/s1. The molecule has 1 saturated carbocycles. The molecule has 0 aromatic heterocycles. The van der Waals surface area contributed by atoms with Crippen LogP contribution in [-0.4, -0.2) is 183 Å². The van der Waals surface area contributed by atoms with Gasteiger partial charge in [0.15, 0.2) is 0 Å². The van der Waals surface area contributed by atoms with Crippen LogP contribution < -0.4 is 21.3 Å². The number of carbonyl (C=O) groups is 8. The third kappa shape index (κ3) is 16.5. The van der Waals surface area contributed by atoms with Crippen LogP contribution in [0.1, 0.15) is 97.1 Å². The fourth-order valence-corrected chi connectivity index (χ4v) is 11.8.